The lowest BCUT2D eigenvalue weighted by Crippen LogP contribution is -2.56. The third-order valence-electron chi connectivity index (χ3n) is 4.78. The summed E-state index contributed by atoms with van der Waals surface area (Å²) >= 11 is 9.09. The van der Waals surface area contributed by atoms with Gasteiger partial charge in [0.05, 0.1) is 14.9 Å². The summed E-state index contributed by atoms with van der Waals surface area (Å²) in [6.45, 7) is 0. The van der Waals surface area contributed by atoms with E-state index in [1.165, 1.54) is 25.0 Å². The van der Waals surface area contributed by atoms with E-state index in [4.69, 9.17) is 16.3 Å². The van der Waals surface area contributed by atoms with Crippen molar-refractivity contribution in [3.8, 4) is 5.75 Å². The van der Waals surface area contributed by atoms with Crippen LogP contribution in [-0.4, -0.2) is 11.9 Å². The Morgan fingerprint density at radius 3 is 2.52 bits per heavy atom. The molecular weight excluding hydrogens is 359 g/mol. The van der Waals surface area contributed by atoms with Gasteiger partial charge in [-0.15, -0.1) is 0 Å². The van der Waals surface area contributed by atoms with E-state index >= 15 is 0 Å². The first-order valence-corrected chi connectivity index (χ1v) is 8.54. The van der Waals surface area contributed by atoms with Crippen LogP contribution in [-0.2, 0) is 4.79 Å². The molecule has 2 aliphatic carbocycles. The normalized spacial score (nSPS) is 24.5. The van der Waals surface area contributed by atoms with Crippen LogP contribution in [0.25, 0.3) is 0 Å². The largest absolute Gasteiger partial charge is 0.488 e. The van der Waals surface area contributed by atoms with Crippen molar-refractivity contribution in [3.63, 3.8) is 0 Å². The lowest BCUT2D eigenvalue weighted by atomic mass is 9.60. The van der Waals surface area contributed by atoms with Gasteiger partial charge in [0.15, 0.2) is 0 Å². The number of halogens is 3. The summed E-state index contributed by atoms with van der Waals surface area (Å²) in [6.07, 6.45) is 6.58. The number of ether oxygens (including phenoxy) is 1. The van der Waals surface area contributed by atoms with Gasteiger partial charge in [-0.25, -0.2) is 4.39 Å². The molecule has 2 saturated carbocycles. The van der Waals surface area contributed by atoms with Crippen LogP contribution < -0.4 is 4.74 Å². The topological polar surface area (TPSA) is 26.3 Å². The number of Topliss-reactive ketones (excluding diaryl/α,β-unsaturated/α-hetero) is 1. The minimum Gasteiger partial charge on any atom is -0.488 e. The van der Waals surface area contributed by atoms with E-state index in [9.17, 15) is 9.18 Å². The van der Waals surface area contributed by atoms with Crippen LogP contribution in [0, 0.1) is 11.2 Å². The van der Waals surface area contributed by atoms with Crippen LogP contribution in [0.1, 0.15) is 44.9 Å². The van der Waals surface area contributed by atoms with E-state index in [1.807, 2.05) is 0 Å². The van der Waals surface area contributed by atoms with Gasteiger partial charge in [0.1, 0.15) is 23.5 Å². The molecule has 21 heavy (non-hydrogen) atoms. The molecule has 0 heterocycles. The van der Waals surface area contributed by atoms with Crippen molar-refractivity contribution >= 4 is 33.3 Å². The van der Waals surface area contributed by atoms with Crippen molar-refractivity contribution in [2.75, 3.05) is 0 Å². The zero-order valence-electron chi connectivity index (χ0n) is 11.6. The predicted molar refractivity (Wildman–Crippen MR) is 83.3 cm³/mol. The SMILES string of the molecule is O=C1CC(Oc2cc(F)c(Cl)cc2Br)C12CCCCCC2. The Bertz CT molecular complexity index is 568. The molecule has 1 aromatic rings. The summed E-state index contributed by atoms with van der Waals surface area (Å²) in [5, 5.41) is 0.0584. The molecule has 0 aliphatic heterocycles. The monoisotopic (exact) mass is 374 g/mol. The van der Waals surface area contributed by atoms with Crippen LogP contribution in [0.15, 0.2) is 16.6 Å². The highest BCUT2D eigenvalue weighted by molar-refractivity contribution is 9.10. The molecule has 2 aliphatic rings. The highest BCUT2D eigenvalue weighted by atomic mass is 79.9. The fourth-order valence-electron chi connectivity index (χ4n) is 3.48. The van der Waals surface area contributed by atoms with Gasteiger partial charge in [0.25, 0.3) is 0 Å². The Morgan fingerprint density at radius 2 is 1.90 bits per heavy atom. The number of ketones is 1. The maximum Gasteiger partial charge on any atom is 0.146 e. The van der Waals surface area contributed by atoms with Crippen LogP contribution in [0.4, 0.5) is 4.39 Å². The van der Waals surface area contributed by atoms with Crippen molar-refractivity contribution in [1.82, 2.24) is 0 Å². The van der Waals surface area contributed by atoms with Gasteiger partial charge < -0.3 is 4.74 Å². The highest BCUT2D eigenvalue weighted by Crippen LogP contribution is 2.50. The summed E-state index contributed by atoms with van der Waals surface area (Å²) in [5.74, 6) is 0.230. The molecule has 1 spiro atoms. The second-order valence-electron chi connectivity index (χ2n) is 6.00. The number of hydrogen-bond donors (Lipinski definition) is 0. The average molecular weight is 376 g/mol. The van der Waals surface area contributed by atoms with Gasteiger partial charge in [-0.05, 0) is 34.8 Å². The molecule has 0 saturated heterocycles. The number of rotatable bonds is 2. The van der Waals surface area contributed by atoms with E-state index < -0.39 is 5.82 Å². The fourth-order valence-corrected chi connectivity index (χ4v) is 4.21. The van der Waals surface area contributed by atoms with Crippen molar-refractivity contribution < 1.29 is 13.9 Å². The van der Waals surface area contributed by atoms with Gasteiger partial charge in [0.2, 0.25) is 0 Å². The van der Waals surface area contributed by atoms with Gasteiger partial charge in [-0.3, -0.25) is 4.79 Å². The molecule has 114 valence electrons. The molecule has 0 aromatic heterocycles. The lowest BCUT2D eigenvalue weighted by Gasteiger charge is -2.47. The van der Waals surface area contributed by atoms with Gasteiger partial charge >= 0.3 is 0 Å². The Morgan fingerprint density at radius 1 is 1.24 bits per heavy atom. The number of benzene rings is 1. The van der Waals surface area contributed by atoms with Crippen molar-refractivity contribution in [3.05, 3.63) is 27.4 Å². The van der Waals surface area contributed by atoms with Gasteiger partial charge in [-0.1, -0.05) is 37.3 Å². The number of carbonyl (C=O) groups excluding carboxylic acids is 1. The standard InChI is InChI=1S/C16H17BrClFO2/c17-10-7-11(18)12(19)8-13(10)21-15-9-14(20)16(15)5-3-1-2-4-6-16/h7-8,15H,1-6,9H2. The van der Waals surface area contributed by atoms with E-state index in [2.05, 4.69) is 15.9 Å². The number of carbonyl (C=O) groups is 1. The van der Waals surface area contributed by atoms with E-state index in [-0.39, 0.29) is 16.5 Å². The Balaban J connectivity index is 1.81. The molecule has 0 N–H and O–H groups in total. The number of hydrogen-bond acceptors (Lipinski definition) is 2. The smallest absolute Gasteiger partial charge is 0.146 e. The quantitative estimate of drug-likeness (QED) is 0.655. The summed E-state index contributed by atoms with van der Waals surface area (Å²) < 4.78 is 20.2. The Labute approximate surface area is 137 Å². The van der Waals surface area contributed by atoms with Crippen LogP contribution in [0.5, 0.6) is 5.75 Å². The van der Waals surface area contributed by atoms with Crippen LogP contribution >= 0.6 is 27.5 Å². The van der Waals surface area contributed by atoms with E-state index in [1.54, 1.807) is 0 Å². The summed E-state index contributed by atoms with van der Waals surface area (Å²) in [6, 6.07) is 2.78. The predicted octanol–water partition coefficient (Wildman–Crippen LogP) is 5.30. The minimum atomic E-state index is -0.504. The Hall–Kier alpha value is -0.610. The highest BCUT2D eigenvalue weighted by Gasteiger charge is 2.55. The molecule has 0 bridgehead atoms. The van der Waals surface area contributed by atoms with E-state index in [0.717, 1.165) is 25.7 Å². The third kappa shape index (κ3) is 2.72. The zero-order chi connectivity index (χ0) is 15.0. The first-order chi connectivity index (χ1) is 10.0. The molecule has 1 unspecified atom stereocenters. The maximum atomic E-state index is 13.6. The van der Waals surface area contributed by atoms with E-state index in [0.29, 0.717) is 22.4 Å². The third-order valence-corrected chi connectivity index (χ3v) is 5.69. The van der Waals surface area contributed by atoms with Gasteiger partial charge in [-0.2, -0.15) is 0 Å². The van der Waals surface area contributed by atoms with Crippen LogP contribution in [0.2, 0.25) is 5.02 Å². The maximum absolute atomic E-state index is 13.6. The molecule has 1 aromatic carbocycles. The lowest BCUT2D eigenvalue weighted by molar-refractivity contribution is -0.154. The molecule has 5 heteroatoms. The zero-order valence-corrected chi connectivity index (χ0v) is 14.0. The molecule has 0 radical (unpaired) electrons. The summed E-state index contributed by atoms with van der Waals surface area (Å²) in [7, 11) is 0. The summed E-state index contributed by atoms with van der Waals surface area (Å²) in [5.41, 5.74) is -0.341. The molecule has 3 rings (SSSR count). The second-order valence-corrected chi connectivity index (χ2v) is 7.26. The second kappa shape index (κ2) is 5.88. The average Bonchev–Trinajstić information content (AvgIpc) is 2.72. The van der Waals surface area contributed by atoms with Gasteiger partial charge in [0, 0.05) is 12.5 Å². The first kappa shape index (κ1) is 15.3. The molecule has 0 amide bonds. The first-order valence-electron chi connectivity index (χ1n) is 7.37. The van der Waals surface area contributed by atoms with Crippen LogP contribution in [0.3, 0.4) is 0 Å². The molecule has 2 nitrogen and oxygen atoms in total. The van der Waals surface area contributed by atoms with Crippen molar-refractivity contribution in [2.45, 2.75) is 51.0 Å². The fraction of sp³-hybridized carbons (Fsp3) is 0.562. The van der Waals surface area contributed by atoms with Crippen molar-refractivity contribution in [2.24, 2.45) is 5.41 Å². The van der Waals surface area contributed by atoms with Crippen molar-refractivity contribution in [1.29, 1.82) is 0 Å². The summed E-state index contributed by atoms with van der Waals surface area (Å²) in [4.78, 5) is 12.2. The molecule has 1 atom stereocenters. The molecule has 2 fully saturated rings. The minimum absolute atomic E-state index is 0.0584. The Kier molecular flexibility index (Phi) is 4.28. The molecular formula is C16H17BrClFO2.